The molecule has 25 heavy (non-hydrogen) atoms. The molecule has 136 valence electrons. The summed E-state index contributed by atoms with van der Waals surface area (Å²) >= 11 is 0. The molecule has 2 aromatic rings. The van der Waals surface area contributed by atoms with Crippen LogP contribution in [0.15, 0.2) is 42.5 Å². The van der Waals surface area contributed by atoms with E-state index in [0.717, 1.165) is 29.4 Å². The summed E-state index contributed by atoms with van der Waals surface area (Å²) in [5.74, 6) is 2.46. The van der Waals surface area contributed by atoms with Crippen LogP contribution in [0.5, 0.6) is 17.2 Å². The van der Waals surface area contributed by atoms with E-state index in [2.05, 4.69) is 38.2 Å². The van der Waals surface area contributed by atoms with Gasteiger partial charge < -0.3 is 19.5 Å². The van der Waals surface area contributed by atoms with Crippen LogP contribution in [-0.4, -0.2) is 27.4 Å². The van der Waals surface area contributed by atoms with Crippen LogP contribution in [-0.2, 0) is 5.41 Å². The van der Waals surface area contributed by atoms with Crippen molar-refractivity contribution >= 4 is 5.69 Å². The molecule has 0 aliphatic rings. The van der Waals surface area contributed by atoms with Crippen LogP contribution in [0.25, 0.3) is 0 Å². The van der Waals surface area contributed by atoms with Crippen LogP contribution in [0.3, 0.4) is 0 Å². The fraction of sp³-hybridized carbons (Fsp3) is 0.429. The number of nitrogens with one attached hydrogen (secondary N) is 1. The molecule has 4 heteroatoms. The first kappa shape index (κ1) is 19.0. The highest BCUT2D eigenvalue weighted by Crippen LogP contribution is 2.29. The minimum atomic E-state index is 0.197. The molecule has 0 unspecified atom stereocenters. The molecule has 0 heterocycles. The monoisotopic (exact) mass is 343 g/mol. The molecule has 2 rings (SSSR count). The summed E-state index contributed by atoms with van der Waals surface area (Å²) in [7, 11) is 3.31. The van der Waals surface area contributed by atoms with Crippen LogP contribution in [0, 0.1) is 0 Å². The Labute approximate surface area is 151 Å². The molecule has 0 atom stereocenters. The van der Waals surface area contributed by atoms with E-state index in [9.17, 15) is 0 Å². The Morgan fingerprint density at radius 1 is 0.920 bits per heavy atom. The van der Waals surface area contributed by atoms with Gasteiger partial charge in [-0.3, -0.25) is 0 Å². The fourth-order valence-electron chi connectivity index (χ4n) is 2.51. The third kappa shape index (κ3) is 5.05. The first-order valence-corrected chi connectivity index (χ1v) is 8.69. The maximum atomic E-state index is 5.82. The minimum Gasteiger partial charge on any atom is -0.497 e. The Morgan fingerprint density at radius 2 is 1.60 bits per heavy atom. The van der Waals surface area contributed by atoms with Crippen LogP contribution in [0.1, 0.15) is 32.8 Å². The number of rotatable bonds is 9. The van der Waals surface area contributed by atoms with E-state index in [-0.39, 0.29) is 5.41 Å². The summed E-state index contributed by atoms with van der Waals surface area (Å²) in [6, 6.07) is 14.1. The van der Waals surface area contributed by atoms with Gasteiger partial charge in [-0.1, -0.05) is 32.9 Å². The van der Waals surface area contributed by atoms with Gasteiger partial charge in [-0.05, 0) is 41.7 Å². The quantitative estimate of drug-likeness (QED) is 0.659. The maximum Gasteiger partial charge on any atom is 0.142 e. The molecule has 4 nitrogen and oxygen atoms in total. The highest BCUT2D eigenvalue weighted by atomic mass is 16.5. The maximum absolute atomic E-state index is 5.82. The van der Waals surface area contributed by atoms with Gasteiger partial charge in [-0.15, -0.1) is 0 Å². The summed E-state index contributed by atoms with van der Waals surface area (Å²) in [6.07, 6.45) is 1.11. The van der Waals surface area contributed by atoms with Crippen molar-refractivity contribution in [3.05, 3.63) is 48.0 Å². The highest BCUT2D eigenvalue weighted by Gasteiger charge is 2.17. The molecule has 2 aromatic carbocycles. The first-order valence-electron chi connectivity index (χ1n) is 8.69. The lowest BCUT2D eigenvalue weighted by Gasteiger charge is -2.23. The summed E-state index contributed by atoms with van der Waals surface area (Å²) in [5, 5.41) is 3.32. The van der Waals surface area contributed by atoms with Crippen molar-refractivity contribution in [2.45, 2.75) is 32.6 Å². The van der Waals surface area contributed by atoms with Crippen molar-refractivity contribution in [3.63, 3.8) is 0 Å². The SMILES string of the molecule is CCC(C)(C)c1ccc(OCCNc2cc(OC)ccc2OC)cc1. The van der Waals surface area contributed by atoms with E-state index in [0.29, 0.717) is 13.2 Å². The molecule has 0 spiro atoms. The molecule has 0 aromatic heterocycles. The van der Waals surface area contributed by atoms with Gasteiger partial charge >= 0.3 is 0 Å². The highest BCUT2D eigenvalue weighted by molar-refractivity contribution is 5.59. The van der Waals surface area contributed by atoms with Crippen molar-refractivity contribution in [2.75, 3.05) is 32.7 Å². The van der Waals surface area contributed by atoms with E-state index < -0.39 is 0 Å². The molecule has 0 saturated heterocycles. The third-order valence-electron chi connectivity index (χ3n) is 4.61. The lowest BCUT2D eigenvalue weighted by atomic mass is 9.82. The molecule has 1 N–H and O–H groups in total. The number of benzene rings is 2. The summed E-state index contributed by atoms with van der Waals surface area (Å²) in [4.78, 5) is 0. The number of hydrogen-bond acceptors (Lipinski definition) is 4. The first-order chi connectivity index (χ1) is 12.0. The summed E-state index contributed by atoms with van der Waals surface area (Å²) in [6.45, 7) is 7.97. The second kappa shape index (κ2) is 8.65. The van der Waals surface area contributed by atoms with Gasteiger partial charge in [-0.25, -0.2) is 0 Å². The lowest BCUT2D eigenvalue weighted by molar-refractivity contribution is 0.332. The van der Waals surface area contributed by atoms with E-state index in [4.69, 9.17) is 14.2 Å². The molecule has 0 aliphatic heterocycles. The number of ether oxygens (including phenoxy) is 3. The zero-order valence-electron chi connectivity index (χ0n) is 15.9. The molecule has 0 bridgehead atoms. The minimum absolute atomic E-state index is 0.197. The largest absolute Gasteiger partial charge is 0.497 e. The van der Waals surface area contributed by atoms with E-state index in [1.807, 2.05) is 30.3 Å². The zero-order chi connectivity index (χ0) is 18.3. The Hall–Kier alpha value is -2.36. The molecule has 0 saturated carbocycles. The predicted molar refractivity (Wildman–Crippen MR) is 103 cm³/mol. The van der Waals surface area contributed by atoms with Gasteiger partial charge in [0.1, 0.15) is 23.9 Å². The van der Waals surface area contributed by atoms with Crippen LogP contribution in [0.2, 0.25) is 0 Å². The topological polar surface area (TPSA) is 39.7 Å². The van der Waals surface area contributed by atoms with E-state index >= 15 is 0 Å². The Morgan fingerprint density at radius 3 is 2.20 bits per heavy atom. The average molecular weight is 343 g/mol. The second-order valence-corrected chi connectivity index (χ2v) is 6.60. The Balaban J connectivity index is 1.87. The van der Waals surface area contributed by atoms with E-state index in [1.54, 1.807) is 14.2 Å². The fourth-order valence-corrected chi connectivity index (χ4v) is 2.51. The number of hydrogen-bond donors (Lipinski definition) is 1. The molecule has 0 radical (unpaired) electrons. The summed E-state index contributed by atoms with van der Waals surface area (Å²) in [5.41, 5.74) is 2.43. The van der Waals surface area contributed by atoms with Gasteiger partial charge in [0.25, 0.3) is 0 Å². The van der Waals surface area contributed by atoms with E-state index in [1.165, 1.54) is 5.56 Å². The molecular formula is C21H29NO3. The van der Waals surface area contributed by atoms with Gasteiger partial charge in [0.15, 0.2) is 0 Å². The molecule has 0 amide bonds. The van der Waals surface area contributed by atoms with Crippen LogP contribution < -0.4 is 19.5 Å². The number of anilines is 1. The number of methoxy groups -OCH3 is 2. The standard InChI is InChI=1S/C21H29NO3/c1-6-21(2,3)16-7-9-17(10-8-16)25-14-13-22-19-15-18(23-4)11-12-20(19)24-5/h7-12,15,22H,6,13-14H2,1-5H3. The lowest BCUT2D eigenvalue weighted by Crippen LogP contribution is -2.15. The average Bonchev–Trinajstić information content (AvgIpc) is 2.65. The van der Waals surface area contributed by atoms with Crippen molar-refractivity contribution in [3.8, 4) is 17.2 Å². The molecular weight excluding hydrogens is 314 g/mol. The zero-order valence-corrected chi connectivity index (χ0v) is 15.9. The van der Waals surface area contributed by atoms with Crippen molar-refractivity contribution in [2.24, 2.45) is 0 Å². The van der Waals surface area contributed by atoms with Gasteiger partial charge in [0.2, 0.25) is 0 Å². The molecule has 0 fully saturated rings. The Kier molecular flexibility index (Phi) is 6.57. The molecule has 0 aliphatic carbocycles. The van der Waals surface area contributed by atoms with Crippen molar-refractivity contribution in [1.82, 2.24) is 0 Å². The van der Waals surface area contributed by atoms with Gasteiger partial charge in [-0.2, -0.15) is 0 Å². The summed E-state index contributed by atoms with van der Waals surface area (Å²) < 4.78 is 16.4. The predicted octanol–water partition coefficient (Wildman–Crippen LogP) is 4.88. The third-order valence-corrected chi connectivity index (χ3v) is 4.61. The van der Waals surface area contributed by atoms with Gasteiger partial charge in [0.05, 0.1) is 19.9 Å². The smallest absolute Gasteiger partial charge is 0.142 e. The van der Waals surface area contributed by atoms with Gasteiger partial charge in [0, 0.05) is 12.6 Å². The van der Waals surface area contributed by atoms with Crippen LogP contribution in [0.4, 0.5) is 5.69 Å². The Bertz CT molecular complexity index is 665. The second-order valence-electron chi connectivity index (χ2n) is 6.60. The van der Waals surface area contributed by atoms with Crippen molar-refractivity contribution < 1.29 is 14.2 Å². The normalized spacial score (nSPS) is 11.1. The van der Waals surface area contributed by atoms with Crippen LogP contribution >= 0.6 is 0 Å². The van der Waals surface area contributed by atoms with Crippen molar-refractivity contribution in [1.29, 1.82) is 0 Å².